The first-order valence-electron chi connectivity index (χ1n) is 6.37. The normalized spacial score (nSPS) is 18.5. The molecule has 1 heterocycles. The third kappa shape index (κ3) is 3.05. The van der Waals surface area contributed by atoms with E-state index in [1.54, 1.807) is 16.2 Å². The van der Waals surface area contributed by atoms with Crippen molar-refractivity contribution in [3.63, 3.8) is 0 Å². The molecule has 0 saturated heterocycles. The molecule has 0 spiro atoms. The molecule has 0 bridgehead atoms. The number of nitrogens with one attached hydrogen (secondary N) is 1. The Bertz CT molecular complexity index is 433. The fourth-order valence-electron chi connectivity index (χ4n) is 2.26. The van der Waals surface area contributed by atoms with Gasteiger partial charge in [-0.2, -0.15) is 0 Å². The maximum atomic E-state index is 11.8. The van der Waals surface area contributed by atoms with Crippen LogP contribution < -0.4 is 5.32 Å². The lowest BCUT2D eigenvalue weighted by molar-refractivity contribution is -0.128. The Morgan fingerprint density at radius 2 is 2.44 bits per heavy atom. The molecule has 0 saturated carbocycles. The molecule has 1 aromatic rings. The van der Waals surface area contributed by atoms with Gasteiger partial charge in [0.1, 0.15) is 0 Å². The van der Waals surface area contributed by atoms with Crippen LogP contribution in [0, 0.1) is 0 Å². The Labute approximate surface area is 117 Å². The average Bonchev–Trinajstić information content (AvgIpc) is 2.75. The molecule has 3 nitrogen and oxygen atoms in total. The lowest BCUT2D eigenvalue weighted by Crippen LogP contribution is -2.37. The molecule has 0 radical (unpaired) electrons. The van der Waals surface area contributed by atoms with Gasteiger partial charge in [-0.05, 0) is 37.8 Å². The van der Waals surface area contributed by atoms with Gasteiger partial charge in [0.15, 0.2) is 0 Å². The zero-order chi connectivity index (χ0) is 13.1. The highest BCUT2D eigenvalue weighted by atomic mass is 35.5. The van der Waals surface area contributed by atoms with E-state index in [1.807, 2.05) is 20.0 Å². The van der Waals surface area contributed by atoms with Crippen LogP contribution in [0.3, 0.4) is 0 Å². The number of carbonyl (C=O) groups is 1. The van der Waals surface area contributed by atoms with Crippen LogP contribution in [0.5, 0.6) is 0 Å². The Kier molecular flexibility index (Phi) is 4.65. The Hall–Kier alpha value is -0.580. The molecule has 0 fully saturated rings. The summed E-state index contributed by atoms with van der Waals surface area (Å²) in [7, 11) is 1.83. The fourth-order valence-corrected chi connectivity index (χ4v) is 3.64. The third-order valence-electron chi connectivity index (χ3n) is 3.48. The van der Waals surface area contributed by atoms with Crippen molar-refractivity contribution in [3.8, 4) is 0 Å². The second kappa shape index (κ2) is 6.04. The number of likely N-dealkylation sites (N-methyl/N-ethyl adjacent to an activating group) is 1. The van der Waals surface area contributed by atoms with E-state index in [2.05, 4.69) is 5.32 Å². The monoisotopic (exact) mass is 286 g/mol. The summed E-state index contributed by atoms with van der Waals surface area (Å²) in [6.07, 6.45) is 3.37. The molecule has 1 amide bonds. The molecule has 0 aliphatic heterocycles. The Balaban J connectivity index is 1.97. The van der Waals surface area contributed by atoms with Crippen LogP contribution in [0.4, 0.5) is 0 Å². The van der Waals surface area contributed by atoms with E-state index in [1.165, 1.54) is 16.9 Å². The third-order valence-corrected chi connectivity index (χ3v) is 4.82. The first-order valence-corrected chi connectivity index (χ1v) is 7.56. The second-order valence-electron chi connectivity index (χ2n) is 4.66. The number of hydrogen-bond acceptors (Lipinski definition) is 3. The second-order valence-corrected chi connectivity index (χ2v) is 6.43. The number of aryl methyl sites for hydroxylation is 1. The van der Waals surface area contributed by atoms with Gasteiger partial charge in [-0.25, -0.2) is 0 Å². The van der Waals surface area contributed by atoms with E-state index in [9.17, 15) is 4.79 Å². The van der Waals surface area contributed by atoms with Crippen LogP contribution in [0.15, 0.2) is 6.07 Å². The van der Waals surface area contributed by atoms with Crippen molar-refractivity contribution in [1.82, 2.24) is 10.2 Å². The van der Waals surface area contributed by atoms with Gasteiger partial charge in [-0.1, -0.05) is 11.6 Å². The highest BCUT2D eigenvalue weighted by Crippen LogP contribution is 2.37. The van der Waals surface area contributed by atoms with E-state index in [-0.39, 0.29) is 11.9 Å². The van der Waals surface area contributed by atoms with Crippen molar-refractivity contribution in [2.75, 3.05) is 20.1 Å². The molecule has 0 aromatic carbocycles. The van der Waals surface area contributed by atoms with E-state index in [0.717, 1.165) is 23.7 Å². The molecule has 1 aromatic heterocycles. The van der Waals surface area contributed by atoms with Gasteiger partial charge >= 0.3 is 0 Å². The van der Waals surface area contributed by atoms with Crippen molar-refractivity contribution < 1.29 is 4.79 Å². The molecular formula is C13H19ClN2OS. The molecule has 100 valence electrons. The molecular weight excluding hydrogens is 268 g/mol. The number of amides is 1. The Morgan fingerprint density at radius 3 is 3.17 bits per heavy atom. The molecule has 1 aliphatic rings. The summed E-state index contributed by atoms with van der Waals surface area (Å²) in [5.74, 6) is 0.144. The van der Waals surface area contributed by atoms with Crippen molar-refractivity contribution >= 4 is 28.8 Å². The van der Waals surface area contributed by atoms with Gasteiger partial charge in [0.2, 0.25) is 5.91 Å². The van der Waals surface area contributed by atoms with Gasteiger partial charge in [0.05, 0.1) is 10.9 Å². The molecule has 1 aliphatic carbocycles. The number of hydrogen-bond donors (Lipinski definition) is 1. The number of nitrogens with zero attached hydrogens (tertiary/aromatic N) is 1. The van der Waals surface area contributed by atoms with Crippen LogP contribution in [0.1, 0.15) is 36.2 Å². The van der Waals surface area contributed by atoms with Crippen molar-refractivity contribution in [2.45, 2.75) is 32.2 Å². The lowest BCUT2D eigenvalue weighted by atomic mass is 9.94. The Morgan fingerprint density at radius 1 is 1.67 bits per heavy atom. The molecule has 5 heteroatoms. The molecule has 18 heavy (non-hydrogen) atoms. The van der Waals surface area contributed by atoms with Crippen molar-refractivity contribution in [3.05, 3.63) is 20.8 Å². The fraction of sp³-hybridized carbons (Fsp3) is 0.615. The predicted molar refractivity (Wildman–Crippen MR) is 76.3 cm³/mol. The summed E-state index contributed by atoms with van der Waals surface area (Å²) in [5, 5.41) is 3.36. The van der Waals surface area contributed by atoms with Gasteiger partial charge in [-0.3, -0.25) is 4.79 Å². The SMILES string of the molecule is CCN(C)C(=O)CNC1CCCc2sc(Cl)cc21. The van der Waals surface area contributed by atoms with E-state index in [4.69, 9.17) is 11.6 Å². The minimum absolute atomic E-state index is 0.144. The van der Waals surface area contributed by atoms with Crippen LogP contribution in [-0.2, 0) is 11.2 Å². The number of halogens is 1. The van der Waals surface area contributed by atoms with Crippen molar-refractivity contribution in [2.24, 2.45) is 0 Å². The maximum absolute atomic E-state index is 11.8. The minimum Gasteiger partial charge on any atom is -0.345 e. The summed E-state index contributed by atoms with van der Waals surface area (Å²) in [5.41, 5.74) is 1.29. The van der Waals surface area contributed by atoms with Crippen LogP contribution in [0.25, 0.3) is 0 Å². The van der Waals surface area contributed by atoms with Crippen LogP contribution >= 0.6 is 22.9 Å². The first-order chi connectivity index (χ1) is 8.61. The molecule has 1 N–H and O–H groups in total. The van der Waals surface area contributed by atoms with Crippen LogP contribution in [-0.4, -0.2) is 30.9 Å². The largest absolute Gasteiger partial charge is 0.345 e. The number of carbonyl (C=O) groups excluding carboxylic acids is 1. The van der Waals surface area contributed by atoms with Gasteiger partial charge in [0, 0.05) is 24.5 Å². The quantitative estimate of drug-likeness (QED) is 0.923. The smallest absolute Gasteiger partial charge is 0.236 e. The standard InChI is InChI=1S/C13H19ClN2OS/c1-3-16(2)13(17)8-15-10-5-4-6-11-9(10)7-12(14)18-11/h7,10,15H,3-6,8H2,1-2H3. The van der Waals surface area contributed by atoms with E-state index in [0.29, 0.717) is 6.54 Å². The first kappa shape index (κ1) is 13.8. The minimum atomic E-state index is 0.144. The van der Waals surface area contributed by atoms with E-state index >= 15 is 0 Å². The summed E-state index contributed by atoms with van der Waals surface area (Å²) >= 11 is 7.74. The van der Waals surface area contributed by atoms with Gasteiger partial charge in [-0.15, -0.1) is 11.3 Å². The van der Waals surface area contributed by atoms with E-state index < -0.39 is 0 Å². The molecule has 1 unspecified atom stereocenters. The average molecular weight is 287 g/mol. The van der Waals surface area contributed by atoms with Gasteiger partial charge in [0.25, 0.3) is 0 Å². The van der Waals surface area contributed by atoms with Gasteiger partial charge < -0.3 is 10.2 Å². The topological polar surface area (TPSA) is 32.3 Å². The lowest BCUT2D eigenvalue weighted by Gasteiger charge is -2.24. The number of rotatable bonds is 4. The highest BCUT2D eigenvalue weighted by molar-refractivity contribution is 7.16. The van der Waals surface area contributed by atoms with Crippen molar-refractivity contribution in [1.29, 1.82) is 0 Å². The number of fused-ring (bicyclic) bond motifs is 1. The molecule has 2 rings (SSSR count). The zero-order valence-corrected chi connectivity index (χ0v) is 12.4. The zero-order valence-electron chi connectivity index (χ0n) is 10.8. The maximum Gasteiger partial charge on any atom is 0.236 e. The summed E-state index contributed by atoms with van der Waals surface area (Å²) in [6, 6.07) is 2.33. The predicted octanol–water partition coefficient (Wildman–Crippen LogP) is 2.85. The summed E-state index contributed by atoms with van der Waals surface area (Å²) in [4.78, 5) is 14.9. The summed E-state index contributed by atoms with van der Waals surface area (Å²) < 4.78 is 0.853. The molecule has 1 atom stereocenters. The van der Waals surface area contributed by atoms with Crippen LogP contribution in [0.2, 0.25) is 4.34 Å². The summed E-state index contributed by atoms with van der Waals surface area (Å²) in [6.45, 7) is 3.14. The highest BCUT2D eigenvalue weighted by Gasteiger charge is 2.23. The number of thiophene rings is 1.